The zero-order chi connectivity index (χ0) is 10.7. The zero-order valence-corrected chi connectivity index (χ0v) is 8.65. The van der Waals surface area contributed by atoms with E-state index in [-0.39, 0.29) is 0 Å². The molecule has 0 heterocycles. The number of nitrogens with two attached hydrogens (primary N) is 3. The summed E-state index contributed by atoms with van der Waals surface area (Å²) in [5, 5.41) is 14.1. The van der Waals surface area contributed by atoms with Crippen molar-refractivity contribution in [1.82, 2.24) is 0 Å². The topological polar surface area (TPSA) is 119 Å². The number of hydrogen-bond acceptors (Lipinski definition) is 3. The molecule has 0 aromatic heterocycles. The van der Waals surface area contributed by atoms with Crippen LogP contribution in [0, 0.1) is 0 Å². The zero-order valence-electron chi connectivity index (χ0n) is 7.02. The van der Waals surface area contributed by atoms with Crippen molar-refractivity contribution >= 4 is 34.8 Å². The van der Waals surface area contributed by atoms with Gasteiger partial charge in [-0.25, -0.2) is 0 Å². The van der Waals surface area contributed by atoms with E-state index in [9.17, 15) is 0 Å². The van der Waals surface area contributed by atoms with Crippen LogP contribution in [0.2, 0.25) is 0 Å². The molecule has 5 nitrogen and oxygen atoms in total. The van der Waals surface area contributed by atoms with Crippen molar-refractivity contribution in [2.24, 2.45) is 17.2 Å². The molecular weight excluding hydrogens is 198 g/mol. The fourth-order valence-electron chi connectivity index (χ4n) is 0. The summed E-state index contributed by atoms with van der Waals surface area (Å²) in [5.41, 5.74) is 13.9. The third kappa shape index (κ3) is 1490. The van der Waals surface area contributed by atoms with Gasteiger partial charge in [0, 0.05) is 0 Å². The van der Waals surface area contributed by atoms with Gasteiger partial charge in [0.2, 0.25) is 0 Å². The van der Waals surface area contributed by atoms with E-state index in [2.05, 4.69) is 35.9 Å². The summed E-state index contributed by atoms with van der Waals surface area (Å²) < 4.78 is 0. The highest BCUT2D eigenvalue weighted by atomic mass is 32.1. The maximum atomic E-state index is 7.56. The van der Waals surface area contributed by atoms with Crippen molar-refractivity contribution in [3.8, 4) is 0 Å². The summed E-state index contributed by atoms with van der Waals surface area (Å²) in [4.78, 5) is 0. The van der Waals surface area contributed by atoms with Crippen molar-refractivity contribution in [2.75, 3.05) is 0 Å². The van der Waals surface area contributed by atoms with Crippen molar-refractivity contribution in [1.29, 1.82) is 0 Å². The molecule has 8 N–H and O–H groups in total. The predicted octanol–water partition coefficient (Wildman–Crippen LogP) is -0.0705. The molecule has 0 aliphatic rings. The molecule has 0 aromatic rings. The van der Waals surface area contributed by atoms with Crippen molar-refractivity contribution in [3.05, 3.63) is 0 Å². The molecule has 0 amide bonds. The standard InChI is InChI=1S/C3H9N.2CH3NOS/c1-3(2)4;2*2-1(3)4/h3H,4H2,1-2H3;2*(H3,2,3,4). The molecule has 0 bridgehead atoms. The molecule has 0 radical (unpaired) electrons. The average molecular weight is 213 g/mol. The normalized spacial score (nSPS) is 7.00. The summed E-state index contributed by atoms with van der Waals surface area (Å²) >= 11 is 7.74. The molecule has 7 heteroatoms. The largest absolute Gasteiger partial charge is 0.487 e. The first-order valence-corrected chi connectivity index (χ1v) is 3.74. The Morgan fingerprint density at radius 3 is 1.08 bits per heavy atom. The van der Waals surface area contributed by atoms with Gasteiger partial charge in [0.25, 0.3) is 10.3 Å². The SMILES string of the molecule is CC(C)N.NC(O)=S.NC(O)=S. The summed E-state index contributed by atoms with van der Waals surface area (Å²) in [6.07, 6.45) is 0. The average Bonchev–Trinajstić information content (AvgIpc) is 1.54. The maximum absolute atomic E-state index is 7.56. The van der Waals surface area contributed by atoms with E-state index in [4.69, 9.17) is 15.9 Å². The summed E-state index contributed by atoms with van der Waals surface area (Å²) in [6.45, 7) is 3.89. The number of aliphatic hydroxyl groups is 2. The van der Waals surface area contributed by atoms with Crippen LogP contribution >= 0.6 is 24.4 Å². The highest BCUT2D eigenvalue weighted by Gasteiger charge is 1.67. The number of rotatable bonds is 0. The smallest absolute Gasteiger partial charge is 0.251 e. The lowest BCUT2D eigenvalue weighted by molar-refractivity contribution is 0.559. The number of aliphatic hydroxyl groups excluding tert-OH is 2. The van der Waals surface area contributed by atoms with Crippen LogP contribution in [0.5, 0.6) is 0 Å². The second-order valence-electron chi connectivity index (χ2n) is 1.92. The summed E-state index contributed by atoms with van der Waals surface area (Å²) in [5.74, 6) is 0. The van der Waals surface area contributed by atoms with Gasteiger partial charge < -0.3 is 27.4 Å². The van der Waals surface area contributed by atoms with Gasteiger partial charge in [0.05, 0.1) is 0 Å². The van der Waals surface area contributed by atoms with Gasteiger partial charge >= 0.3 is 0 Å². The van der Waals surface area contributed by atoms with Gasteiger partial charge in [-0.05, 0) is 30.5 Å². The van der Waals surface area contributed by atoms with Gasteiger partial charge in [-0.15, -0.1) is 0 Å². The Hall–Kier alpha value is -0.660. The van der Waals surface area contributed by atoms with E-state index in [1.165, 1.54) is 0 Å². The monoisotopic (exact) mass is 213 g/mol. The number of thiocarbonyl (C=S) groups is 2. The summed E-state index contributed by atoms with van der Waals surface area (Å²) in [7, 11) is 0. The molecule has 0 aliphatic heterocycles. The Bertz CT molecular complexity index is 107. The lowest BCUT2D eigenvalue weighted by atomic mass is 10.5. The minimum Gasteiger partial charge on any atom is -0.487 e. The molecule has 74 valence electrons. The molecule has 0 fully saturated rings. The second kappa shape index (κ2) is 13.0. The Morgan fingerprint density at radius 2 is 1.08 bits per heavy atom. The Morgan fingerprint density at radius 1 is 1.08 bits per heavy atom. The first kappa shape index (κ1) is 17.4. The third-order valence-corrected chi connectivity index (χ3v) is 0. The quantitative estimate of drug-likeness (QED) is 0.357. The molecule has 0 unspecified atom stereocenters. The van der Waals surface area contributed by atoms with E-state index < -0.39 is 10.3 Å². The van der Waals surface area contributed by atoms with Crippen LogP contribution in [0.25, 0.3) is 0 Å². The lowest BCUT2D eigenvalue weighted by Crippen LogP contribution is -2.06. The Labute approximate surface area is 82.5 Å². The molecule has 0 saturated heterocycles. The van der Waals surface area contributed by atoms with Crippen LogP contribution in [0.4, 0.5) is 0 Å². The van der Waals surface area contributed by atoms with Crippen LogP contribution in [0.15, 0.2) is 0 Å². The predicted molar refractivity (Wildman–Crippen MR) is 58.2 cm³/mol. The highest BCUT2D eigenvalue weighted by Crippen LogP contribution is 1.58. The van der Waals surface area contributed by atoms with E-state index in [0.717, 1.165) is 0 Å². The van der Waals surface area contributed by atoms with Gasteiger partial charge in [-0.1, -0.05) is 13.8 Å². The van der Waals surface area contributed by atoms with Gasteiger partial charge in [-0.3, -0.25) is 0 Å². The third-order valence-electron chi connectivity index (χ3n) is 0. The highest BCUT2D eigenvalue weighted by molar-refractivity contribution is 7.80. The molecule has 0 atom stereocenters. The van der Waals surface area contributed by atoms with Gasteiger partial charge in [0.15, 0.2) is 0 Å². The molecular formula is C5H15N3O2S2. The van der Waals surface area contributed by atoms with Crippen molar-refractivity contribution < 1.29 is 10.2 Å². The Kier molecular flexibility index (Phi) is 18.8. The number of hydrogen-bond donors (Lipinski definition) is 5. The molecule has 0 aromatic carbocycles. The van der Waals surface area contributed by atoms with Crippen LogP contribution in [-0.2, 0) is 0 Å². The van der Waals surface area contributed by atoms with Gasteiger partial charge in [0.1, 0.15) is 0 Å². The van der Waals surface area contributed by atoms with Crippen LogP contribution in [-0.4, -0.2) is 26.6 Å². The van der Waals surface area contributed by atoms with E-state index in [1.54, 1.807) is 0 Å². The first-order chi connectivity index (χ1) is 5.20. The van der Waals surface area contributed by atoms with Crippen LogP contribution in [0.3, 0.4) is 0 Å². The molecule has 0 rings (SSSR count). The van der Waals surface area contributed by atoms with E-state index in [1.807, 2.05) is 13.8 Å². The molecule has 0 spiro atoms. The molecule has 0 saturated carbocycles. The van der Waals surface area contributed by atoms with Gasteiger partial charge in [-0.2, -0.15) is 0 Å². The Balaban J connectivity index is -0.000000101. The van der Waals surface area contributed by atoms with Crippen LogP contribution in [0.1, 0.15) is 13.8 Å². The van der Waals surface area contributed by atoms with Crippen molar-refractivity contribution in [3.63, 3.8) is 0 Å². The molecule has 12 heavy (non-hydrogen) atoms. The van der Waals surface area contributed by atoms with E-state index in [0.29, 0.717) is 6.04 Å². The van der Waals surface area contributed by atoms with E-state index >= 15 is 0 Å². The summed E-state index contributed by atoms with van der Waals surface area (Å²) in [6, 6.07) is 0.333. The fourth-order valence-corrected chi connectivity index (χ4v) is 0. The maximum Gasteiger partial charge on any atom is 0.251 e. The van der Waals surface area contributed by atoms with Crippen LogP contribution < -0.4 is 17.2 Å². The fraction of sp³-hybridized carbons (Fsp3) is 0.600. The second-order valence-corrected chi connectivity index (χ2v) is 2.76. The first-order valence-electron chi connectivity index (χ1n) is 2.92. The van der Waals surface area contributed by atoms with Crippen molar-refractivity contribution in [2.45, 2.75) is 19.9 Å². The lowest BCUT2D eigenvalue weighted by Gasteiger charge is -1.81. The minimum absolute atomic E-state index is 0.333. The minimum atomic E-state index is -0.500. The molecule has 0 aliphatic carbocycles.